The van der Waals surface area contributed by atoms with Crippen LogP contribution in [0.25, 0.3) is 0 Å². The summed E-state index contributed by atoms with van der Waals surface area (Å²) in [6.45, 7) is 2.19. The number of halogens is 1. The fourth-order valence-electron chi connectivity index (χ4n) is 3.44. The fraction of sp³-hybridized carbons (Fsp3) is 0.440. The van der Waals surface area contributed by atoms with E-state index in [1.807, 2.05) is 30.3 Å². The second-order valence-electron chi connectivity index (χ2n) is 8.37. The van der Waals surface area contributed by atoms with Gasteiger partial charge in [-0.15, -0.1) is 0 Å². The van der Waals surface area contributed by atoms with Gasteiger partial charge in [-0.05, 0) is 29.7 Å². The van der Waals surface area contributed by atoms with Crippen LogP contribution in [0.4, 0.5) is 4.39 Å². The summed E-state index contributed by atoms with van der Waals surface area (Å²) >= 11 is 0. The van der Waals surface area contributed by atoms with Crippen LogP contribution in [-0.4, -0.2) is 61.9 Å². The minimum atomic E-state index is -3.60. The lowest BCUT2D eigenvalue weighted by Gasteiger charge is -2.32. The number of nitrogens with zero attached hydrogens (tertiary/aromatic N) is 2. The Morgan fingerprint density at radius 3 is 2.24 bits per heavy atom. The van der Waals surface area contributed by atoms with Crippen LogP contribution < -0.4 is 5.32 Å². The lowest BCUT2D eigenvalue weighted by Crippen LogP contribution is -2.53. The molecule has 0 spiro atoms. The van der Waals surface area contributed by atoms with Gasteiger partial charge in [0.2, 0.25) is 21.8 Å². The number of carbonyl (C=O) groups is 2. The lowest BCUT2D eigenvalue weighted by atomic mass is 10.0. The molecule has 0 heterocycles. The molecule has 0 fully saturated rings. The number of carbonyl (C=O) groups excluding carboxylic acids is 2. The predicted molar refractivity (Wildman–Crippen MR) is 131 cm³/mol. The second kappa shape index (κ2) is 13.2. The SMILES string of the molecule is CCCCCNC(=O)[C@H](Cc1ccccc1)N(Cc1ccc(F)cc1)C(=O)CN(C)S(C)(=O)=O. The van der Waals surface area contributed by atoms with E-state index < -0.39 is 34.3 Å². The molecule has 7 nitrogen and oxygen atoms in total. The Bertz CT molecular complexity index is 1030. The number of likely N-dealkylation sites (N-methyl/N-ethyl adjacent to an activating group) is 1. The quantitative estimate of drug-likeness (QED) is 0.437. The molecule has 2 rings (SSSR count). The van der Waals surface area contributed by atoms with Crippen molar-refractivity contribution in [3.63, 3.8) is 0 Å². The second-order valence-corrected chi connectivity index (χ2v) is 10.5. The average Bonchev–Trinajstić information content (AvgIpc) is 2.80. The van der Waals surface area contributed by atoms with E-state index in [-0.39, 0.29) is 18.9 Å². The lowest BCUT2D eigenvalue weighted by molar-refractivity contribution is -0.141. The third kappa shape index (κ3) is 8.87. The molecule has 9 heteroatoms. The van der Waals surface area contributed by atoms with Crippen LogP contribution in [0.2, 0.25) is 0 Å². The van der Waals surface area contributed by atoms with E-state index in [1.54, 1.807) is 12.1 Å². The van der Waals surface area contributed by atoms with Crippen LogP contribution in [0, 0.1) is 5.82 Å². The van der Waals surface area contributed by atoms with Gasteiger partial charge >= 0.3 is 0 Å². The van der Waals surface area contributed by atoms with Gasteiger partial charge in [0.15, 0.2) is 0 Å². The number of rotatable bonds is 13. The Morgan fingerprint density at radius 2 is 1.65 bits per heavy atom. The number of benzene rings is 2. The molecule has 0 unspecified atom stereocenters. The Balaban J connectivity index is 2.38. The number of amides is 2. The maximum Gasteiger partial charge on any atom is 0.243 e. The molecule has 0 saturated heterocycles. The Labute approximate surface area is 202 Å². The van der Waals surface area contributed by atoms with Crippen LogP contribution in [0.5, 0.6) is 0 Å². The smallest absolute Gasteiger partial charge is 0.243 e. The van der Waals surface area contributed by atoms with E-state index in [1.165, 1.54) is 24.1 Å². The Morgan fingerprint density at radius 1 is 1.00 bits per heavy atom. The van der Waals surface area contributed by atoms with Crippen molar-refractivity contribution >= 4 is 21.8 Å². The predicted octanol–water partition coefficient (Wildman–Crippen LogP) is 2.96. The monoisotopic (exact) mass is 491 g/mol. The molecule has 0 saturated carbocycles. The van der Waals surface area contributed by atoms with Gasteiger partial charge in [0.1, 0.15) is 11.9 Å². The number of hydrogen-bond acceptors (Lipinski definition) is 4. The highest BCUT2D eigenvalue weighted by Crippen LogP contribution is 2.16. The van der Waals surface area contributed by atoms with Crippen molar-refractivity contribution in [3.8, 4) is 0 Å². The molecule has 1 atom stereocenters. The van der Waals surface area contributed by atoms with Crippen molar-refractivity contribution in [2.75, 3.05) is 26.4 Å². The van der Waals surface area contributed by atoms with Gasteiger partial charge in [0.05, 0.1) is 12.8 Å². The third-order valence-corrected chi connectivity index (χ3v) is 6.80. The molecule has 0 bridgehead atoms. The first-order chi connectivity index (χ1) is 16.1. The first kappa shape index (κ1) is 27.5. The summed E-state index contributed by atoms with van der Waals surface area (Å²) in [5.41, 5.74) is 1.50. The van der Waals surface area contributed by atoms with Gasteiger partial charge in [-0.2, -0.15) is 4.31 Å². The largest absolute Gasteiger partial charge is 0.354 e. The molecule has 0 aliphatic heterocycles. The summed E-state index contributed by atoms with van der Waals surface area (Å²) in [5, 5.41) is 2.93. The van der Waals surface area contributed by atoms with E-state index in [0.717, 1.165) is 35.4 Å². The van der Waals surface area contributed by atoms with E-state index >= 15 is 0 Å². The molecule has 34 heavy (non-hydrogen) atoms. The minimum absolute atomic E-state index is 0.0383. The van der Waals surface area contributed by atoms with Crippen LogP contribution in [-0.2, 0) is 32.6 Å². The zero-order chi connectivity index (χ0) is 25.1. The minimum Gasteiger partial charge on any atom is -0.354 e. The van der Waals surface area contributed by atoms with Gasteiger partial charge in [0, 0.05) is 26.6 Å². The fourth-order valence-corrected chi connectivity index (χ4v) is 3.79. The van der Waals surface area contributed by atoms with E-state index in [4.69, 9.17) is 0 Å². The summed E-state index contributed by atoms with van der Waals surface area (Å²) < 4.78 is 38.2. The van der Waals surface area contributed by atoms with Crippen LogP contribution in [0.3, 0.4) is 0 Å². The van der Waals surface area contributed by atoms with Crippen molar-refractivity contribution in [1.29, 1.82) is 0 Å². The van der Waals surface area contributed by atoms with Crippen LogP contribution in [0.15, 0.2) is 54.6 Å². The number of hydrogen-bond donors (Lipinski definition) is 1. The van der Waals surface area contributed by atoms with E-state index in [2.05, 4.69) is 12.2 Å². The van der Waals surface area contributed by atoms with Gasteiger partial charge in [0.25, 0.3) is 0 Å². The standard InChI is InChI=1S/C25H34FN3O4S/c1-4-5-9-16-27-25(31)23(17-20-10-7-6-8-11-20)29(18-21-12-14-22(26)15-13-21)24(30)19-28(2)34(3,32)33/h6-8,10-15,23H,4-5,9,16-19H2,1-3H3,(H,27,31)/t23-/m0/s1. The van der Waals surface area contributed by atoms with Gasteiger partial charge in [-0.25, -0.2) is 12.8 Å². The summed E-state index contributed by atoms with van der Waals surface area (Å²) in [6, 6.07) is 14.1. The summed E-state index contributed by atoms with van der Waals surface area (Å²) in [5.74, 6) is -1.23. The van der Waals surface area contributed by atoms with Crippen molar-refractivity contribution in [2.45, 2.75) is 45.2 Å². The molecule has 0 aliphatic carbocycles. The maximum atomic E-state index is 13.4. The zero-order valence-corrected chi connectivity index (χ0v) is 20.9. The molecule has 1 N–H and O–H groups in total. The molecule has 2 amide bonds. The molecule has 0 aliphatic rings. The molecular weight excluding hydrogens is 457 g/mol. The number of unbranched alkanes of at least 4 members (excludes halogenated alkanes) is 2. The highest BCUT2D eigenvalue weighted by atomic mass is 32.2. The van der Waals surface area contributed by atoms with Crippen molar-refractivity contribution in [3.05, 3.63) is 71.5 Å². The maximum absolute atomic E-state index is 13.4. The highest BCUT2D eigenvalue weighted by molar-refractivity contribution is 7.88. The molecule has 2 aromatic rings. The van der Waals surface area contributed by atoms with Gasteiger partial charge in [-0.3, -0.25) is 9.59 Å². The Kier molecular flexibility index (Phi) is 10.7. The third-order valence-electron chi connectivity index (χ3n) is 5.54. The normalized spacial score (nSPS) is 12.4. The van der Waals surface area contributed by atoms with Crippen molar-refractivity contribution < 1.29 is 22.4 Å². The van der Waals surface area contributed by atoms with Gasteiger partial charge < -0.3 is 10.2 Å². The average molecular weight is 492 g/mol. The summed E-state index contributed by atoms with van der Waals surface area (Å²) in [6.07, 6.45) is 4.09. The summed E-state index contributed by atoms with van der Waals surface area (Å²) in [4.78, 5) is 28.0. The number of nitrogens with one attached hydrogen (secondary N) is 1. The highest BCUT2D eigenvalue weighted by Gasteiger charge is 2.31. The van der Waals surface area contributed by atoms with Crippen LogP contribution >= 0.6 is 0 Å². The van der Waals surface area contributed by atoms with Crippen LogP contribution in [0.1, 0.15) is 37.3 Å². The molecular formula is C25H34FN3O4S. The molecule has 0 aromatic heterocycles. The first-order valence-corrected chi connectivity index (χ1v) is 13.2. The molecule has 2 aromatic carbocycles. The summed E-state index contributed by atoms with van der Waals surface area (Å²) in [7, 11) is -2.28. The zero-order valence-electron chi connectivity index (χ0n) is 20.0. The topological polar surface area (TPSA) is 86.8 Å². The first-order valence-electron chi connectivity index (χ1n) is 11.4. The van der Waals surface area contributed by atoms with E-state index in [0.29, 0.717) is 12.1 Å². The van der Waals surface area contributed by atoms with Crippen molar-refractivity contribution in [2.24, 2.45) is 0 Å². The van der Waals surface area contributed by atoms with Crippen molar-refractivity contribution in [1.82, 2.24) is 14.5 Å². The van der Waals surface area contributed by atoms with Gasteiger partial charge in [-0.1, -0.05) is 62.2 Å². The number of sulfonamides is 1. The molecule has 186 valence electrons. The molecule has 0 radical (unpaired) electrons. The van der Waals surface area contributed by atoms with E-state index in [9.17, 15) is 22.4 Å². The Hall–Kier alpha value is -2.78.